The molecule has 0 aliphatic carbocycles. The van der Waals surface area contributed by atoms with E-state index in [4.69, 9.17) is 9.84 Å². The minimum atomic E-state index is -3.30. The van der Waals surface area contributed by atoms with Crippen molar-refractivity contribution >= 4 is 21.7 Å². The molecule has 1 aromatic rings. The number of rotatable bonds is 3. The standard InChI is InChI=1S/C11H13NO5S/c1-17-10-7-8(11(13)14)3-4-9(10)12-5-2-6-18(12,15)16/h3-4,7H,2,5-6H2,1H3,(H,13,14). The summed E-state index contributed by atoms with van der Waals surface area (Å²) < 4.78 is 29.9. The van der Waals surface area contributed by atoms with E-state index in [1.807, 2.05) is 0 Å². The van der Waals surface area contributed by atoms with Crippen molar-refractivity contribution in [2.75, 3.05) is 23.7 Å². The molecule has 0 radical (unpaired) electrons. The summed E-state index contributed by atoms with van der Waals surface area (Å²) in [4.78, 5) is 10.8. The number of aromatic carboxylic acids is 1. The van der Waals surface area contributed by atoms with Gasteiger partial charge in [-0.3, -0.25) is 4.31 Å². The van der Waals surface area contributed by atoms with Crippen molar-refractivity contribution in [1.29, 1.82) is 0 Å². The first kappa shape index (κ1) is 12.7. The van der Waals surface area contributed by atoms with Crippen molar-refractivity contribution in [3.63, 3.8) is 0 Å². The highest BCUT2D eigenvalue weighted by atomic mass is 32.2. The van der Waals surface area contributed by atoms with E-state index in [0.29, 0.717) is 18.7 Å². The van der Waals surface area contributed by atoms with Crippen molar-refractivity contribution in [2.45, 2.75) is 6.42 Å². The molecule has 0 bridgehead atoms. The Morgan fingerprint density at radius 3 is 2.67 bits per heavy atom. The summed E-state index contributed by atoms with van der Waals surface area (Å²) in [6.07, 6.45) is 0.562. The van der Waals surface area contributed by atoms with Crippen LogP contribution in [0.5, 0.6) is 5.75 Å². The van der Waals surface area contributed by atoms with Gasteiger partial charge in [-0.05, 0) is 24.6 Å². The molecule has 1 N–H and O–H groups in total. The second-order valence-electron chi connectivity index (χ2n) is 3.93. The highest BCUT2D eigenvalue weighted by Crippen LogP contribution is 2.33. The molecule has 1 aliphatic heterocycles. The zero-order valence-corrected chi connectivity index (χ0v) is 10.6. The first-order valence-electron chi connectivity index (χ1n) is 5.37. The van der Waals surface area contributed by atoms with Gasteiger partial charge in [-0.1, -0.05) is 0 Å². The summed E-state index contributed by atoms with van der Waals surface area (Å²) in [5, 5.41) is 8.88. The van der Waals surface area contributed by atoms with E-state index in [9.17, 15) is 13.2 Å². The third-order valence-corrected chi connectivity index (χ3v) is 4.65. The van der Waals surface area contributed by atoms with Crippen LogP contribution in [0, 0.1) is 0 Å². The fraction of sp³-hybridized carbons (Fsp3) is 0.364. The van der Waals surface area contributed by atoms with Crippen LogP contribution in [0.1, 0.15) is 16.8 Å². The van der Waals surface area contributed by atoms with Gasteiger partial charge in [0.25, 0.3) is 0 Å². The molecule has 0 amide bonds. The molecule has 1 aliphatic rings. The molecule has 1 saturated heterocycles. The monoisotopic (exact) mass is 271 g/mol. The minimum absolute atomic E-state index is 0.0622. The largest absolute Gasteiger partial charge is 0.495 e. The van der Waals surface area contributed by atoms with E-state index in [1.54, 1.807) is 0 Å². The summed E-state index contributed by atoms with van der Waals surface area (Å²) in [6.45, 7) is 0.394. The molecule has 1 fully saturated rings. The van der Waals surface area contributed by atoms with Gasteiger partial charge in [0.1, 0.15) is 5.75 Å². The van der Waals surface area contributed by atoms with Gasteiger partial charge in [-0.15, -0.1) is 0 Å². The maximum Gasteiger partial charge on any atom is 0.335 e. The lowest BCUT2D eigenvalue weighted by molar-refractivity contribution is 0.0696. The number of nitrogens with zero attached hydrogens (tertiary/aromatic N) is 1. The van der Waals surface area contributed by atoms with Gasteiger partial charge in [0, 0.05) is 6.54 Å². The Labute approximate surface area is 105 Å². The molecular formula is C11H13NO5S. The summed E-state index contributed by atoms with van der Waals surface area (Å²) >= 11 is 0. The number of hydrogen-bond acceptors (Lipinski definition) is 4. The maximum absolute atomic E-state index is 11.8. The van der Waals surface area contributed by atoms with Crippen LogP contribution < -0.4 is 9.04 Å². The molecule has 0 unspecified atom stereocenters. The first-order chi connectivity index (χ1) is 8.45. The Morgan fingerprint density at radius 1 is 1.44 bits per heavy atom. The topological polar surface area (TPSA) is 83.9 Å². The predicted octanol–water partition coefficient (Wildman–Crippen LogP) is 0.933. The lowest BCUT2D eigenvalue weighted by Gasteiger charge is -2.19. The molecule has 18 heavy (non-hydrogen) atoms. The fourth-order valence-corrected chi connectivity index (χ4v) is 3.50. The van der Waals surface area contributed by atoms with Crippen LogP contribution in [0.2, 0.25) is 0 Å². The van der Waals surface area contributed by atoms with Crippen LogP contribution in [0.15, 0.2) is 18.2 Å². The predicted molar refractivity (Wildman–Crippen MR) is 65.7 cm³/mol. The Bertz CT molecular complexity index is 581. The second kappa shape index (κ2) is 4.49. The number of benzene rings is 1. The fourth-order valence-electron chi connectivity index (χ4n) is 1.93. The quantitative estimate of drug-likeness (QED) is 0.884. The van der Waals surface area contributed by atoms with Gasteiger partial charge in [0.05, 0.1) is 24.1 Å². The van der Waals surface area contributed by atoms with E-state index in [0.717, 1.165) is 0 Å². The number of sulfonamides is 1. The lowest BCUT2D eigenvalue weighted by atomic mass is 10.2. The summed E-state index contributed by atoms with van der Waals surface area (Å²) in [6, 6.07) is 4.16. The van der Waals surface area contributed by atoms with Crippen LogP contribution in [-0.2, 0) is 10.0 Å². The third kappa shape index (κ3) is 2.13. The average Bonchev–Trinajstić information content (AvgIpc) is 2.67. The van der Waals surface area contributed by atoms with E-state index < -0.39 is 16.0 Å². The lowest BCUT2D eigenvalue weighted by Crippen LogP contribution is -2.25. The van der Waals surface area contributed by atoms with Gasteiger partial charge in [-0.25, -0.2) is 13.2 Å². The average molecular weight is 271 g/mol. The molecule has 0 spiro atoms. The Kier molecular flexibility index (Phi) is 3.16. The number of ether oxygens (including phenoxy) is 1. The summed E-state index contributed by atoms with van der Waals surface area (Å²) in [5.74, 6) is -0.721. The molecule has 7 heteroatoms. The van der Waals surface area contributed by atoms with Gasteiger partial charge < -0.3 is 9.84 Å². The first-order valence-corrected chi connectivity index (χ1v) is 6.98. The van der Waals surface area contributed by atoms with E-state index in [1.165, 1.54) is 29.6 Å². The van der Waals surface area contributed by atoms with Crippen molar-refractivity contribution in [2.24, 2.45) is 0 Å². The number of hydrogen-bond donors (Lipinski definition) is 1. The highest BCUT2D eigenvalue weighted by Gasteiger charge is 2.30. The summed E-state index contributed by atoms with van der Waals surface area (Å²) in [7, 11) is -1.92. The van der Waals surface area contributed by atoms with E-state index in [-0.39, 0.29) is 17.1 Å². The maximum atomic E-state index is 11.8. The van der Waals surface area contributed by atoms with Crippen molar-refractivity contribution in [1.82, 2.24) is 0 Å². The Balaban J connectivity index is 2.48. The van der Waals surface area contributed by atoms with Crippen LogP contribution >= 0.6 is 0 Å². The normalized spacial score (nSPS) is 17.7. The number of anilines is 1. The molecule has 0 aromatic heterocycles. The van der Waals surface area contributed by atoms with E-state index in [2.05, 4.69) is 0 Å². The molecule has 6 nitrogen and oxygen atoms in total. The van der Waals surface area contributed by atoms with Crippen molar-refractivity contribution < 1.29 is 23.1 Å². The minimum Gasteiger partial charge on any atom is -0.495 e. The number of carboxylic acids is 1. The Hall–Kier alpha value is -1.76. The van der Waals surface area contributed by atoms with Crippen molar-refractivity contribution in [3.8, 4) is 5.75 Å². The smallest absolute Gasteiger partial charge is 0.335 e. The zero-order valence-electron chi connectivity index (χ0n) is 9.79. The van der Waals surface area contributed by atoms with Gasteiger partial charge in [0.2, 0.25) is 10.0 Å². The van der Waals surface area contributed by atoms with Gasteiger partial charge >= 0.3 is 5.97 Å². The SMILES string of the molecule is COc1cc(C(=O)O)ccc1N1CCCS1(=O)=O. The number of methoxy groups -OCH3 is 1. The highest BCUT2D eigenvalue weighted by molar-refractivity contribution is 7.93. The molecule has 1 aromatic carbocycles. The molecule has 0 atom stereocenters. The molecular weight excluding hydrogens is 258 g/mol. The third-order valence-electron chi connectivity index (χ3n) is 2.79. The number of carbonyl (C=O) groups is 1. The van der Waals surface area contributed by atoms with E-state index >= 15 is 0 Å². The van der Waals surface area contributed by atoms with Crippen LogP contribution in [0.25, 0.3) is 0 Å². The zero-order chi connectivity index (χ0) is 13.3. The molecule has 98 valence electrons. The molecule has 0 saturated carbocycles. The Morgan fingerprint density at radius 2 is 2.17 bits per heavy atom. The second-order valence-corrected chi connectivity index (χ2v) is 5.95. The van der Waals surface area contributed by atoms with Crippen molar-refractivity contribution in [3.05, 3.63) is 23.8 Å². The molecule has 1 heterocycles. The van der Waals surface area contributed by atoms with Gasteiger partial charge in [0.15, 0.2) is 0 Å². The van der Waals surface area contributed by atoms with Crippen LogP contribution in [-0.4, -0.2) is 38.9 Å². The molecule has 2 rings (SSSR count). The number of carboxylic acid groups (broad SMARTS) is 1. The van der Waals surface area contributed by atoms with Gasteiger partial charge in [-0.2, -0.15) is 0 Å². The van der Waals surface area contributed by atoms with Crippen LogP contribution in [0.3, 0.4) is 0 Å². The summed E-state index contributed by atoms with van der Waals surface area (Å²) in [5.41, 5.74) is 0.451. The van der Waals surface area contributed by atoms with Crippen LogP contribution in [0.4, 0.5) is 5.69 Å².